The van der Waals surface area contributed by atoms with Crippen LogP contribution in [-0.4, -0.2) is 53.6 Å². The minimum atomic E-state index is 0.581. The van der Waals surface area contributed by atoms with Crippen molar-refractivity contribution >= 4 is 17.3 Å². The zero-order chi connectivity index (χ0) is 16.5. The molecule has 0 fully saturated rings. The molecule has 124 valence electrons. The SMILES string of the molecule is COc1cc(CNC(=S)NCC[NH+](C)C)cc(OC)c1OC. The van der Waals surface area contributed by atoms with Crippen LogP contribution < -0.4 is 29.7 Å². The Morgan fingerprint density at radius 2 is 1.64 bits per heavy atom. The van der Waals surface area contributed by atoms with Crippen LogP contribution in [-0.2, 0) is 6.54 Å². The Bertz CT molecular complexity index is 470. The van der Waals surface area contributed by atoms with E-state index >= 15 is 0 Å². The molecule has 0 aliphatic rings. The molecule has 0 saturated carbocycles. The molecule has 0 bridgehead atoms. The molecule has 0 aliphatic carbocycles. The van der Waals surface area contributed by atoms with Gasteiger partial charge < -0.3 is 29.7 Å². The smallest absolute Gasteiger partial charge is 0.203 e. The summed E-state index contributed by atoms with van der Waals surface area (Å²) in [6.45, 7) is 2.42. The van der Waals surface area contributed by atoms with E-state index in [2.05, 4.69) is 24.7 Å². The van der Waals surface area contributed by atoms with Gasteiger partial charge in [0.15, 0.2) is 16.6 Å². The normalized spacial score (nSPS) is 10.3. The zero-order valence-electron chi connectivity index (χ0n) is 13.9. The maximum atomic E-state index is 5.33. The monoisotopic (exact) mass is 328 g/mol. The highest BCUT2D eigenvalue weighted by Gasteiger charge is 2.13. The highest BCUT2D eigenvalue weighted by molar-refractivity contribution is 7.80. The second kappa shape index (κ2) is 9.32. The van der Waals surface area contributed by atoms with E-state index in [9.17, 15) is 0 Å². The molecule has 0 saturated heterocycles. The standard InChI is InChI=1S/C15H25N3O3S/c1-18(2)7-6-16-15(22)17-10-11-8-12(19-3)14(21-5)13(9-11)20-4/h8-9H,6-7,10H2,1-5H3,(H2,16,17,22)/p+1. The van der Waals surface area contributed by atoms with Crippen LogP contribution in [0.5, 0.6) is 17.2 Å². The van der Waals surface area contributed by atoms with Crippen molar-refractivity contribution in [3.05, 3.63) is 17.7 Å². The molecule has 0 unspecified atom stereocenters. The first-order valence-corrected chi connectivity index (χ1v) is 7.52. The van der Waals surface area contributed by atoms with Gasteiger partial charge in [0.05, 0.1) is 48.5 Å². The molecule has 0 aromatic heterocycles. The largest absolute Gasteiger partial charge is 0.493 e. The summed E-state index contributed by atoms with van der Waals surface area (Å²) in [5.41, 5.74) is 0.997. The van der Waals surface area contributed by atoms with Crippen molar-refractivity contribution in [1.82, 2.24) is 10.6 Å². The number of rotatable bonds is 8. The molecule has 0 heterocycles. The van der Waals surface area contributed by atoms with Crippen LogP contribution in [0.1, 0.15) is 5.56 Å². The van der Waals surface area contributed by atoms with Crippen molar-refractivity contribution in [1.29, 1.82) is 0 Å². The third-order valence-electron chi connectivity index (χ3n) is 3.09. The van der Waals surface area contributed by atoms with Gasteiger partial charge in [-0.15, -0.1) is 0 Å². The first-order valence-electron chi connectivity index (χ1n) is 7.11. The quantitative estimate of drug-likeness (QED) is 0.576. The predicted octanol–water partition coefficient (Wildman–Crippen LogP) is -0.179. The van der Waals surface area contributed by atoms with E-state index in [1.807, 2.05) is 12.1 Å². The lowest BCUT2D eigenvalue weighted by atomic mass is 10.2. The number of thiocarbonyl (C=S) groups is 1. The van der Waals surface area contributed by atoms with Gasteiger partial charge in [-0.2, -0.15) is 0 Å². The van der Waals surface area contributed by atoms with Gasteiger partial charge in [0.25, 0.3) is 0 Å². The van der Waals surface area contributed by atoms with Crippen LogP contribution in [0.15, 0.2) is 12.1 Å². The lowest BCUT2D eigenvalue weighted by molar-refractivity contribution is -0.856. The summed E-state index contributed by atoms with van der Waals surface area (Å²) in [7, 11) is 9.00. The summed E-state index contributed by atoms with van der Waals surface area (Å²) in [5, 5.41) is 6.98. The molecule has 7 heteroatoms. The lowest BCUT2D eigenvalue weighted by Crippen LogP contribution is -3.06. The predicted molar refractivity (Wildman–Crippen MR) is 91.2 cm³/mol. The Hall–Kier alpha value is -1.73. The van der Waals surface area contributed by atoms with Gasteiger partial charge in [-0.25, -0.2) is 0 Å². The summed E-state index contributed by atoms with van der Waals surface area (Å²) >= 11 is 5.26. The Balaban J connectivity index is 2.64. The van der Waals surface area contributed by atoms with Crippen LogP contribution in [0, 0.1) is 0 Å². The summed E-state index contributed by atoms with van der Waals surface area (Å²) in [6.07, 6.45) is 0. The van der Waals surface area contributed by atoms with Crippen molar-refractivity contribution in [2.75, 3.05) is 48.5 Å². The lowest BCUT2D eigenvalue weighted by Gasteiger charge is -2.15. The first-order chi connectivity index (χ1) is 10.5. The maximum absolute atomic E-state index is 5.33. The number of ether oxygens (including phenoxy) is 3. The van der Waals surface area contributed by atoms with E-state index in [4.69, 9.17) is 26.4 Å². The Labute approximate surface area is 137 Å². The first kappa shape index (κ1) is 18.3. The van der Waals surface area contributed by atoms with Gasteiger partial charge in [0.2, 0.25) is 5.75 Å². The van der Waals surface area contributed by atoms with Crippen molar-refractivity contribution in [3.63, 3.8) is 0 Å². The van der Waals surface area contributed by atoms with E-state index in [1.165, 1.54) is 4.90 Å². The fourth-order valence-corrected chi connectivity index (χ4v) is 2.08. The second-order valence-electron chi connectivity index (χ2n) is 5.10. The number of nitrogens with one attached hydrogen (secondary N) is 3. The second-order valence-corrected chi connectivity index (χ2v) is 5.51. The van der Waals surface area contributed by atoms with Gasteiger partial charge >= 0.3 is 0 Å². The summed E-state index contributed by atoms with van der Waals surface area (Å²) in [5.74, 6) is 1.85. The highest BCUT2D eigenvalue weighted by atomic mass is 32.1. The third kappa shape index (κ3) is 5.57. The third-order valence-corrected chi connectivity index (χ3v) is 3.38. The Morgan fingerprint density at radius 3 is 2.09 bits per heavy atom. The molecular formula is C15H26N3O3S+. The van der Waals surface area contributed by atoms with E-state index in [0.717, 1.165) is 18.7 Å². The molecule has 22 heavy (non-hydrogen) atoms. The topological polar surface area (TPSA) is 56.2 Å². The number of methoxy groups -OCH3 is 3. The summed E-state index contributed by atoms with van der Waals surface area (Å²) in [6, 6.07) is 3.81. The molecule has 0 spiro atoms. The Kier molecular flexibility index (Phi) is 7.76. The fourth-order valence-electron chi connectivity index (χ4n) is 1.91. The van der Waals surface area contributed by atoms with Crippen LogP contribution >= 0.6 is 12.2 Å². The number of likely N-dealkylation sites (N-methyl/N-ethyl adjacent to an activating group) is 1. The number of hydrogen-bond donors (Lipinski definition) is 3. The van der Waals surface area contributed by atoms with Crippen molar-refractivity contribution in [2.24, 2.45) is 0 Å². The minimum Gasteiger partial charge on any atom is -0.493 e. The van der Waals surface area contributed by atoms with Gasteiger partial charge in [0, 0.05) is 6.54 Å². The van der Waals surface area contributed by atoms with Gasteiger partial charge in [0.1, 0.15) is 0 Å². The number of benzene rings is 1. The van der Waals surface area contributed by atoms with Crippen LogP contribution in [0.4, 0.5) is 0 Å². The van der Waals surface area contributed by atoms with E-state index in [1.54, 1.807) is 21.3 Å². The molecule has 1 rings (SSSR count). The average Bonchev–Trinajstić information content (AvgIpc) is 2.51. The number of quaternary nitrogens is 1. The molecule has 3 N–H and O–H groups in total. The highest BCUT2D eigenvalue weighted by Crippen LogP contribution is 2.38. The average molecular weight is 328 g/mol. The van der Waals surface area contributed by atoms with Crippen molar-refractivity contribution in [2.45, 2.75) is 6.54 Å². The molecule has 1 aromatic rings. The maximum Gasteiger partial charge on any atom is 0.203 e. The molecule has 0 amide bonds. The minimum absolute atomic E-state index is 0.581. The Morgan fingerprint density at radius 1 is 1.05 bits per heavy atom. The van der Waals surface area contributed by atoms with E-state index in [0.29, 0.717) is 28.9 Å². The van der Waals surface area contributed by atoms with Crippen LogP contribution in [0.25, 0.3) is 0 Å². The van der Waals surface area contributed by atoms with Crippen LogP contribution in [0.3, 0.4) is 0 Å². The van der Waals surface area contributed by atoms with E-state index < -0.39 is 0 Å². The zero-order valence-corrected chi connectivity index (χ0v) is 14.7. The van der Waals surface area contributed by atoms with Crippen molar-refractivity contribution in [3.8, 4) is 17.2 Å². The molecule has 0 atom stereocenters. The van der Waals surface area contributed by atoms with Gasteiger partial charge in [-0.1, -0.05) is 0 Å². The number of hydrogen-bond acceptors (Lipinski definition) is 4. The van der Waals surface area contributed by atoms with Crippen molar-refractivity contribution < 1.29 is 19.1 Å². The molecular weight excluding hydrogens is 302 g/mol. The molecule has 6 nitrogen and oxygen atoms in total. The summed E-state index contributed by atoms with van der Waals surface area (Å²) < 4.78 is 16.0. The van der Waals surface area contributed by atoms with Gasteiger partial charge in [-0.05, 0) is 29.9 Å². The summed E-state index contributed by atoms with van der Waals surface area (Å²) in [4.78, 5) is 1.37. The van der Waals surface area contributed by atoms with E-state index in [-0.39, 0.29) is 0 Å². The fraction of sp³-hybridized carbons (Fsp3) is 0.533. The molecule has 0 aliphatic heterocycles. The van der Waals surface area contributed by atoms with Gasteiger partial charge in [-0.3, -0.25) is 0 Å². The molecule has 0 radical (unpaired) electrons. The van der Waals surface area contributed by atoms with Crippen LogP contribution in [0.2, 0.25) is 0 Å². The molecule has 1 aromatic carbocycles.